The van der Waals surface area contributed by atoms with Crippen LogP contribution in [0, 0.1) is 11.8 Å². The SMILES string of the molecule is C[C@H]1C[C@H](C)CN(C(=O)c2cnn(CCN3CCCCC3)c2)C1. The highest BCUT2D eigenvalue weighted by molar-refractivity contribution is 5.93. The van der Waals surface area contributed by atoms with E-state index in [1.807, 2.05) is 15.8 Å². The van der Waals surface area contributed by atoms with Gasteiger partial charge in [-0.05, 0) is 44.2 Å². The Bertz CT molecular complexity index is 511. The zero-order chi connectivity index (χ0) is 16.2. The molecule has 1 aromatic heterocycles. The second kappa shape index (κ2) is 7.47. The number of amides is 1. The molecule has 2 fully saturated rings. The van der Waals surface area contributed by atoms with Crippen LogP contribution in [-0.4, -0.2) is 58.2 Å². The fourth-order valence-corrected chi connectivity index (χ4v) is 4.03. The highest BCUT2D eigenvalue weighted by atomic mass is 16.2. The summed E-state index contributed by atoms with van der Waals surface area (Å²) in [5.41, 5.74) is 0.741. The molecule has 0 unspecified atom stereocenters. The fourth-order valence-electron chi connectivity index (χ4n) is 4.03. The standard InChI is InChI=1S/C18H30N4O/c1-15-10-16(2)13-21(12-15)18(23)17-11-19-22(14-17)9-8-20-6-4-3-5-7-20/h11,14-16H,3-10,12-13H2,1-2H3/t15-,16-/m0/s1. The molecule has 1 aromatic rings. The van der Waals surface area contributed by atoms with Gasteiger partial charge < -0.3 is 9.80 Å². The molecule has 0 saturated carbocycles. The van der Waals surface area contributed by atoms with Crippen LogP contribution in [0.4, 0.5) is 0 Å². The normalized spacial score (nSPS) is 26.4. The number of nitrogens with zero attached hydrogens (tertiary/aromatic N) is 4. The van der Waals surface area contributed by atoms with E-state index >= 15 is 0 Å². The van der Waals surface area contributed by atoms with Gasteiger partial charge in [-0.3, -0.25) is 9.48 Å². The largest absolute Gasteiger partial charge is 0.338 e. The summed E-state index contributed by atoms with van der Waals surface area (Å²) in [5.74, 6) is 1.33. The Morgan fingerprint density at radius 3 is 2.52 bits per heavy atom. The molecule has 0 N–H and O–H groups in total. The number of aromatic nitrogens is 2. The quantitative estimate of drug-likeness (QED) is 0.856. The van der Waals surface area contributed by atoms with Crippen molar-refractivity contribution in [1.29, 1.82) is 0 Å². The molecule has 2 atom stereocenters. The predicted molar refractivity (Wildman–Crippen MR) is 91.4 cm³/mol. The Hall–Kier alpha value is -1.36. The first-order valence-electron chi connectivity index (χ1n) is 9.16. The van der Waals surface area contributed by atoms with Crippen LogP contribution in [0.25, 0.3) is 0 Å². The van der Waals surface area contributed by atoms with Gasteiger partial charge in [-0.25, -0.2) is 0 Å². The maximum absolute atomic E-state index is 12.7. The van der Waals surface area contributed by atoms with Gasteiger partial charge in [-0.2, -0.15) is 5.10 Å². The van der Waals surface area contributed by atoms with E-state index in [1.54, 1.807) is 6.20 Å². The van der Waals surface area contributed by atoms with Crippen molar-refractivity contribution in [3.8, 4) is 0 Å². The van der Waals surface area contributed by atoms with Crippen LogP contribution >= 0.6 is 0 Å². The number of piperidine rings is 2. The van der Waals surface area contributed by atoms with E-state index in [9.17, 15) is 4.79 Å². The van der Waals surface area contributed by atoms with E-state index in [0.29, 0.717) is 11.8 Å². The van der Waals surface area contributed by atoms with Crippen molar-refractivity contribution in [3.05, 3.63) is 18.0 Å². The van der Waals surface area contributed by atoms with Crippen molar-refractivity contribution >= 4 is 5.91 Å². The van der Waals surface area contributed by atoms with Gasteiger partial charge in [-0.15, -0.1) is 0 Å². The van der Waals surface area contributed by atoms with E-state index in [0.717, 1.165) is 31.7 Å². The van der Waals surface area contributed by atoms with Crippen molar-refractivity contribution in [2.45, 2.75) is 46.1 Å². The van der Waals surface area contributed by atoms with E-state index in [2.05, 4.69) is 23.8 Å². The molecule has 5 nitrogen and oxygen atoms in total. The number of carbonyl (C=O) groups is 1. The fraction of sp³-hybridized carbons (Fsp3) is 0.778. The number of hydrogen-bond acceptors (Lipinski definition) is 3. The van der Waals surface area contributed by atoms with Crippen molar-refractivity contribution < 1.29 is 4.79 Å². The molecular formula is C18H30N4O. The number of likely N-dealkylation sites (tertiary alicyclic amines) is 2. The minimum absolute atomic E-state index is 0.146. The summed E-state index contributed by atoms with van der Waals surface area (Å²) in [6, 6.07) is 0. The Morgan fingerprint density at radius 1 is 1.13 bits per heavy atom. The van der Waals surface area contributed by atoms with E-state index in [1.165, 1.54) is 38.8 Å². The minimum atomic E-state index is 0.146. The second-order valence-electron chi connectivity index (χ2n) is 7.55. The number of carbonyl (C=O) groups excluding carboxylic acids is 1. The Kier molecular flexibility index (Phi) is 5.36. The van der Waals surface area contributed by atoms with Crippen LogP contribution in [0.15, 0.2) is 12.4 Å². The second-order valence-corrected chi connectivity index (χ2v) is 7.55. The van der Waals surface area contributed by atoms with Crippen LogP contribution in [-0.2, 0) is 6.54 Å². The first-order valence-corrected chi connectivity index (χ1v) is 9.16. The lowest BCUT2D eigenvalue weighted by molar-refractivity contribution is 0.0623. The predicted octanol–water partition coefficient (Wildman–Crippen LogP) is 2.49. The van der Waals surface area contributed by atoms with Gasteiger partial charge in [0, 0.05) is 25.8 Å². The van der Waals surface area contributed by atoms with Crippen LogP contribution in [0.1, 0.15) is 49.9 Å². The molecular weight excluding hydrogens is 288 g/mol. The average molecular weight is 318 g/mol. The molecule has 1 amide bonds. The summed E-state index contributed by atoms with van der Waals surface area (Å²) in [7, 11) is 0. The molecule has 2 aliphatic heterocycles. The van der Waals surface area contributed by atoms with Gasteiger partial charge >= 0.3 is 0 Å². The number of rotatable bonds is 4. The molecule has 3 heterocycles. The summed E-state index contributed by atoms with van der Waals surface area (Å²) < 4.78 is 1.93. The van der Waals surface area contributed by atoms with Gasteiger partial charge in [0.15, 0.2) is 0 Å². The lowest BCUT2D eigenvalue weighted by Crippen LogP contribution is -2.42. The van der Waals surface area contributed by atoms with Crippen LogP contribution in [0.5, 0.6) is 0 Å². The maximum atomic E-state index is 12.7. The lowest BCUT2D eigenvalue weighted by Gasteiger charge is -2.34. The summed E-state index contributed by atoms with van der Waals surface area (Å²) in [4.78, 5) is 17.2. The van der Waals surface area contributed by atoms with E-state index in [4.69, 9.17) is 0 Å². The molecule has 0 bridgehead atoms. The molecule has 0 spiro atoms. The summed E-state index contributed by atoms with van der Waals surface area (Å²) in [6.07, 6.45) is 8.88. The van der Waals surface area contributed by atoms with Gasteiger partial charge in [0.05, 0.1) is 18.3 Å². The lowest BCUT2D eigenvalue weighted by atomic mass is 9.91. The molecule has 128 valence electrons. The zero-order valence-corrected chi connectivity index (χ0v) is 14.6. The molecule has 5 heteroatoms. The van der Waals surface area contributed by atoms with Gasteiger partial charge in [-0.1, -0.05) is 20.3 Å². The summed E-state index contributed by atoms with van der Waals surface area (Å²) in [6.45, 7) is 10.5. The zero-order valence-electron chi connectivity index (χ0n) is 14.6. The monoisotopic (exact) mass is 318 g/mol. The minimum Gasteiger partial charge on any atom is -0.338 e. The first kappa shape index (κ1) is 16.5. The molecule has 0 aliphatic carbocycles. The molecule has 2 aliphatic rings. The van der Waals surface area contributed by atoms with E-state index < -0.39 is 0 Å². The third-order valence-corrected chi connectivity index (χ3v) is 5.13. The van der Waals surface area contributed by atoms with Gasteiger partial charge in [0.1, 0.15) is 0 Å². The van der Waals surface area contributed by atoms with Crippen LogP contribution in [0.3, 0.4) is 0 Å². The smallest absolute Gasteiger partial charge is 0.257 e. The first-order chi connectivity index (χ1) is 11.1. The Morgan fingerprint density at radius 2 is 1.83 bits per heavy atom. The van der Waals surface area contributed by atoms with Gasteiger partial charge in [0.2, 0.25) is 0 Å². The number of hydrogen-bond donors (Lipinski definition) is 0. The topological polar surface area (TPSA) is 41.4 Å². The Balaban J connectivity index is 1.54. The third kappa shape index (κ3) is 4.34. The molecule has 3 rings (SSSR count). The highest BCUT2D eigenvalue weighted by Gasteiger charge is 2.26. The Labute approximate surface area is 139 Å². The molecule has 0 radical (unpaired) electrons. The average Bonchev–Trinajstić information content (AvgIpc) is 3.01. The highest BCUT2D eigenvalue weighted by Crippen LogP contribution is 2.22. The van der Waals surface area contributed by atoms with Crippen molar-refractivity contribution in [3.63, 3.8) is 0 Å². The summed E-state index contributed by atoms with van der Waals surface area (Å²) in [5, 5.41) is 4.40. The van der Waals surface area contributed by atoms with Gasteiger partial charge in [0.25, 0.3) is 5.91 Å². The summed E-state index contributed by atoms with van der Waals surface area (Å²) >= 11 is 0. The van der Waals surface area contributed by atoms with Crippen molar-refractivity contribution in [2.24, 2.45) is 11.8 Å². The van der Waals surface area contributed by atoms with E-state index in [-0.39, 0.29) is 5.91 Å². The maximum Gasteiger partial charge on any atom is 0.257 e. The van der Waals surface area contributed by atoms with Crippen LogP contribution < -0.4 is 0 Å². The van der Waals surface area contributed by atoms with Crippen molar-refractivity contribution in [2.75, 3.05) is 32.7 Å². The van der Waals surface area contributed by atoms with Crippen LogP contribution in [0.2, 0.25) is 0 Å². The third-order valence-electron chi connectivity index (χ3n) is 5.13. The van der Waals surface area contributed by atoms with Crippen molar-refractivity contribution in [1.82, 2.24) is 19.6 Å². The molecule has 2 saturated heterocycles. The molecule has 0 aromatic carbocycles. The molecule has 23 heavy (non-hydrogen) atoms.